The van der Waals surface area contributed by atoms with Crippen LogP contribution in [0.5, 0.6) is 0 Å². The molecule has 0 aromatic heterocycles. The monoisotopic (exact) mass is 1130 g/mol. The standard InChI is InChI=1S/C19H37N4O7.C18H35N4O5.2Gd/c1-15(2)22-7-3-20(11-18(27)28)5-9-23(16(13-24)17(26)14-25)10-6-21(4-8-22)12-19(29)30;1-15(2)22-10-8-20(13-17(24)25)6-4-19(12-16(3)23)5-7-21(9-11-22)14-18(26)27;;/h15-17,24-25H,3-14H2,1-2H3,(H,27,28)(H,29,30);15-16H,4-14H2,1-3H3,(H,24,25)(H,26,27);;/q2*-1;2*+3/p-4/t16-,17-;;;/m0.../s1. The maximum absolute atomic E-state index is 12.1. The summed E-state index contributed by atoms with van der Waals surface area (Å²) in [6, 6.07) is -0.399. The van der Waals surface area contributed by atoms with Crippen molar-refractivity contribution in [3.8, 4) is 0 Å². The third-order valence-corrected chi connectivity index (χ3v) is 10.3. The Morgan fingerprint density at radius 1 is 0.441 bits per heavy atom. The minimum absolute atomic E-state index is 0. The minimum atomic E-state index is -1.43. The van der Waals surface area contributed by atoms with Gasteiger partial charge in [0.2, 0.25) is 0 Å². The Labute approximate surface area is 414 Å². The van der Waals surface area contributed by atoms with Crippen molar-refractivity contribution in [2.75, 3.05) is 151 Å². The van der Waals surface area contributed by atoms with Crippen LogP contribution in [-0.2, 0) is 19.2 Å². The second-order valence-corrected chi connectivity index (χ2v) is 15.5. The summed E-state index contributed by atoms with van der Waals surface area (Å²) in [6.07, 6.45) is -2.19. The fraction of sp³-hybridized carbons (Fsp3) is 0.892. The van der Waals surface area contributed by atoms with Crippen molar-refractivity contribution in [2.24, 2.45) is 0 Å². The molecular formula is C37H68Gd2N8O12. The van der Waals surface area contributed by atoms with Gasteiger partial charge < -0.3 is 64.9 Å². The van der Waals surface area contributed by atoms with E-state index < -0.39 is 55.3 Å². The Kier molecular flexibility index (Phi) is 35.7. The number of nitrogens with zero attached hydrogens (tertiary/aromatic N) is 8. The number of carboxylic acids is 4. The largest absolute Gasteiger partial charge is 3.00 e. The second-order valence-electron chi connectivity index (χ2n) is 15.5. The van der Waals surface area contributed by atoms with Gasteiger partial charge in [0.15, 0.2) is 0 Å². The van der Waals surface area contributed by atoms with Gasteiger partial charge in [0.1, 0.15) is 0 Å². The molecule has 2 heterocycles. The smallest absolute Gasteiger partial charge is 0.851 e. The molecule has 2 aliphatic heterocycles. The Hall–Kier alpha value is 0.0494. The van der Waals surface area contributed by atoms with Gasteiger partial charge in [0.25, 0.3) is 0 Å². The average Bonchev–Trinajstić information content (AvgIpc) is 3.10. The van der Waals surface area contributed by atoms with Crippen LogP contribution in [0.2, 0.25) is 0 Å². The number of hydrogen-bond donors (Lipinski definition) is 2. The molecule has 3 atom stereocenters. The van der Waals surface area contributed by atoms with Gasteiger partial charge in [-0.15, -0.1) is 6.10 Å². The normalized spacial score (nSPS) is 20.9. The zero-order chi connectivity index (χ0) is 43.1. The van der Waals surface area contributed by atoms with Crippen molar-refractivity contribution in [2.45, 2.75) is 65.0 Å². The van der Waals surface area contributed by atoms with Crippen LogP contribution in [-0.4, -0.2) is 254 Å². The van der Waals surface area contributed by atoms with Crippen LogP contribution < -0.4 is 30.6 Å². The van der Waals surface area contributed by atoms with Crippen molar-refractivity contribution in [1.29, 1.82) is 0 Å². The molecule has 2 rings (SSSR count). The van der Waals surface area contributed by atoms with Crippen LogP contribution in [0, 0.1) is 79.9 Å². The van der Waals surface area contributed by atoms with Gasteiger partial charge in [-0.25, -0.2) is 0 Å². The summed E-state index contributed by atoms with van der Waals surface area (Å²) >= 11 is 0. The molecule has 59 heavy (non-hydrogen) atoms. The van der Waals surface area contributed by atoms with E-state index in [1.54, 1.807) is 21.6 Å². The van der Waals surface area contributed by atoms with E-state index in [1.165, 1.54) is 0 Å². The molecule has 0 aliphatic carbocycles. The Bertz CT molecular complexity index is 1100. The van der Waals surface area contributed by atoms with E-state index in [0.29, 0.717) is 98.2 Å². The Morgan fingerprint density at radius 2 is 0.695 bits per heavy atom. The van der Waals surface area contributed by atoms with Gasteiger partial charge >= 0.3 is 79.9 Å². The van der Waals surface area contributed by atoms with Crippen LogP contribution in [0.3, 0.4) is 0 Å². The molecule has 0 bridgehead atoms. The van der Waals surface area contributed by atoms with E-state index in [1.807, 2.05) is 28.5 Å². The summed E-state index contributed by atoms with van der Waals surface area (Å²) < 4.78 is 0. The summed E-state index contributed by atoms with van der Waals surface area (Å²) in [5.41, 5.74) is 0. The van der Waals surface area contributed by atoms with Crippen molar-refractivity contribution in [1.82, 2.24) is 39.2 Å². The first-order valence-electron chi connectivity index (χ1n) is 20.0. The molecular weight excluding hydrogens is 1060 g/mol. The SMILES string of the molecule is CC(C)N1CCN(CC(=O)[O-])CCN([C@@H](CO)[C@@H]([O-])CO)CCN(CC(=O)[O-])CC1.CC([O-])CN1CCN(CC(=O)[O-])CCN(C(C)C)CCN(CC(=O)[O-])CC1.[Gd+3].[Gd+3]. The number of carboxylic acid groups (broad SMARTS) is 4. The zero-order valence-electron chi connectivity index (χ0n) is 35.4. The van der Waals surface area contributed by atoms with E-state index >= 15 is 0 Å². The van der Waals surface area contributed by atoms with Gasteiger partial charge in [-0.2, -0.15) is 0 Å². The third kappa shape index (κ3) is 28.5. The van der Waals surface area contributed by atoms with Crippen LogP contribution in [0.25, 0.3) is 0 Å². The van der Waals surface area contributed by atoms with Crippen LogP contribution in [0.15, 0.2) is 0 Å². The fourth-order valence-electron chi connectivity index (χ4n) is 6.94. The van der Waals surface area contributed by atoms with Gasteiger partial charge in [-0.05, 0) is 34.2 Å². The van der Waals surface area contributed by atoms with Crippen LogP contribution >= 0.6 is 0 Å². The number of carbonyl (C=O) groups is 4. The molecule has 0 aromatic carbocycles. The second kappa shape index (κ2) is 34.5. The molecule has 0 amide bonds. The van der Waals surface area contributed by atoms with Crippen molar-refractivity contribution >= 4 is 23.9 Å². The van der Waals surface area contributed by atoms with Crippen LogP contribution in [0.4, 0.5) is 0 Å². The number of carbonyl (C=O) groups excluding carboxylic acids is 4. The van der Waals surface area contributed by atoms with Gasteiger partial charge in [0, 0.05) is 156 Å². The first-order chi connectivity index (χ1) is 26.8. The van der Waals surface area contributed by atoms with Gasteiger partial charge in [-0.1, -0.05) is 13.0 Å². The molecule has 2 fully saturated rings. The molecule has 0 spiro atoms. The molecule has 2 N–H and O–H groups in total. The van der Waals surface area contributed by atoms with Crippen molar-refractivity contribution < 1.29 is 140 Å². The average molecular weight is 1130 g/mol. The molecule has 22 heteroatoms. The molecule has 2 saturated heterocycles. The first-order valence-corrected chi connectivity index (χ1v) is 20.0. The topological polar surface area (TPSA) is 273 Å². The molecule has 2 aliphatic rings. The van der Waals surface area contributed by atoms with Gasteiger partial charge in [0.05, 0.1) is 30.5 Å². The summed E-state index contributed by atoms with van der Waals surface area (Å²) in [6.45, 7) is 16.3. The number of aliphatic hydroxyl groups is 2. The fourth-order valence-corrected chi connectivity index (χ4v) is 6.94. The number of rotatable bonds is 16. The van der Waals surface area contributed by atoms with Crippen molar-refractivity contribution in [3.05, 3.63) is 0 Å². The van der Waals surface area contributed by atoms with E-state index in [-0.39, 0.29) is 131 Å². The summed E-state index contributed by atoms with van der Waals surface area (Å²) in [7, 11) is 0. The van der Waals surface area contributed by atoms with E-state index in [9.17, 15) is 60.0 Å². The van der Waals surface area contributed by atoms with Crippen LogP contribution in [0.1, 0.15) is 34.6 Å². The molecule has 344 valence electrons. The Balaban J connectivity index is 0. The molecule has 20 nitrogen and oxygen atoms in total. The summed E-state index contributed by atoms with van der Waals surface area (Å²) in [5.74, 6) is -4.61. The summed E-state index contributed by atoms with van der Waals surface area (Å²) in [4.78, 5) is 59.6. The van der Waals surface area contributed by atoms with E-state index in [0.717, 1.165) is 0 Å². The molecule has 0 aromatic rings. The third-order valence-electron chi connectivity index (χ3n) is 10.3. The van der Waals surface area contributed by atoms with E-state index in [2.05, 4.69) is 23.6 Å². The number of aliphatic hydroxyl groups excluding tert-OH is 2. The maximum Gasteiger partial charge on any atom is 3.00 e. The predicted octanol–water partition coefficient (Wildman–Crippen LogP) is -9.94. The first kappa shape index (κ1) is 61.1. The maximum atomic E-state index is 12.1. The quantitative estimate of drug-likeness (QED) is 0.145. The number of aliphatic carboxylic acids is 4. The zero-order valence-corrected chi connectivity index (χ0v) is 39.9. The van der Waals surface area contributed by atoms with Crippen molar-refractivity contribution in [3.63, 3.8) is 0 Å². The van der Waals surface area contributed by atoms with Gasteiger partial charge in [-0.3, -0.25) is 34.3 Å². The summed E-state index contributed by atoms with van der Waals surface area (Å²) in [5, 5.41) is 87.2. The Morgan fingerprint density at radius 3 is 0.915 bits per heavy atom. The predicted molar refractivity (Wildman–Crippen MR) is 198 cm³/mol. The number of hydrogen-bond acceptors (Lipinski definition) is 20. The molecule has 2 radical (unpaired) electrons. The molecule has 1 unspecified atom stereocenters. The minimum Gasteiger partial charge on any atom is -0.851 e. The molecule has 0 saturated carbocycles. The van der Waals surface area contributed by atoms with E-state index in [4.69, 9.17) is 0 Å².